The van der Waals surface area contributed by atoms with Gasteiger partial charge in [0, 0.05) is 40.3 Å². The van der Waals surface area contributed by atoms with Gasteiger partial charge in [-0.25, -0.2) is 0 Å². The Hall–Kier alpha value is -2.04. The summed E-state index contributed by atoms with van der Waals surface area (Å²) in [5.41, 5.74) is 2.46. The molecule has 0 radical (unpaired) electrons. The Morgan fingerprint density at radius 2 is 1.73 bits per heavy atom. The second-order valence-corrected chi connectivity index (χ2v) is 7.80. The molecule has 182 valence electrons. The fraction of sp³-hybridized carbons (Fsp3) is 0.480. The molecule has 1 atom stereocenters. The van der Waals surface area contributed by atoms with Crippen molar-refractivity contribution in [3.63, 3.8) is 0 Å². The average molecular weight is 569 g/mol. The first-order chi connectivity index (χ1) is 15.6. The highest BCUT2D eigenvalue weighted by Gasteiger charge is 2.23. The van der Waals surface area contributed by atoms with Gasteiger partial charge in [0.15, 0.2) is 5.96 Å². The molecular formula is C25H37IN4O3. The van der Waals surface area contributed by atoms with Crippen molar-refractivity contribution >= 4 is 29.9 Å². The van der Waals surface area contributed by atoms with Crippen LogP contribution in [-0.2, 0) is 11.3 Å². The molecule has 1 heterocycles. The number of hydrogen-bond acceptors (Lipinski definition) is 5. The number of rotatable bonds is 9. The molecule has 1 aliphatic rings. The lowest BCUT2D eigenvalue weighted by molar-refractivity contribution is 0.0169. The van der Waals surface area contributed by atoms with Gasteiger partial charge in [0.2, 0.25) is 0 Å². The van der Waals surface area contributed by atoms with Gasteiger partial charge in [-0.3, -0.25) is 9.89 Å². The standard InChI is InChI=1S/C25H36N4O3.HI/c1-5-32-23-10-6-20(7-11-23)19-28(3)25(26-2)27-18-24(29-14-16-31-17-15-29)21-8-12-22(30-4)13-9-21;/h6-13,24H,5,14-19H2,1-4H3,(H,26,27);1H. The maximum Gasteiger partial charge on any atom is 0.193 e. The van der Waals surface area contributed by atoms with E-state index in [4.69, 9.17) is 14.2 Å². The van der Waals surface area contributed by atoms with Crippen LogP contribution in [0.25, 0.3) is 0 Å². The monoisotopic (exact) mass is 568 g/mol. The highest BCUT2D eigenvalue weighted by atomic mass is 127. The van der Waals surface area contributed by atoms with E-state index in [1.54, 1.807) is 7.11 Å². The third-order valence-corrected chi connectivity index (χ3v) is 5.67. The van der Waals surface area contributed by atoms with E-state index in [0.29, 0.717) is 6.61 Å². The van der Waals surface area contributed by atoms with Crippen LogP contribution in [0.15, 0.2) is 53.5 Å². The summed E-state index contributed by atoms with van der Waals surface area (Å²) >= 11 is 0. The molecule has 0 bridgehead atoms. The molecule has 0 saturated carbocycles. The molecule has 1 unspecified atom stereocenters. The maximum absolute atomic E-state index is 5.57. The van der Waals surface area contributed by atoms with Crippen molar-refractivity contribution in [3.05, 3.63) is 59.7 Å². The number of nitrogens with one attached hydrogen (secondary N) is 1. The number of benzene rings is 2. The zero-order valence-corrected chi connectivity index (χ0v) is 22.5. The number of morpholine rings is 1. The molecule has 3 rings (SSSR count). The second-order valence-electron chi connectivity index (χ2n) is 7.80. The van der Waals surface area contributed by atoms with Crippen LogP contribution in [0.5, 0.6) is 11.5 Å². The summed E-state index contributed by atoms with van der Waals surface area (Å²) in [6.07, 6.45) is 0. The summed E-state index contributed by atoms with van der Waals surface area (Å²) in [6.45, 7) is 7.54. The SMILES string of the molecule is CCOc1ccc(CN(C)C(=NC)NCC(c2ccc(OC)cc2)N2CCOCC2)cc1.I. The van der Waals surface area contributed by atoms with Crippen molar-refractivity contribution in [2.75, 3.05) is 60.7 Å². The predicted octanol–water partition coefficient (Wildman–Crippen LogP) is 3.79. The van der Waals surface area contributed by atoms with E-state index in [1.807, 2.05) is 38.2 Å². The number of nitrogens with zero attached hydrogens (tertiary/aromatic N) is 3. The first-order valence-electron chi connectivity index (χ1n) is 11.2. The Morgan fingerprint density at radius 3 is 2.30 bits per heavy atom. The maximum atomic E-state index is 5.57. The smallest absolute Gasteiger partial charge is 0.193 e. The van der Waals surface area contributed by atoms with Gasteiger partial charge in [-0.1, -0.05) is 24.3 Å². The number of ether oxygens (including phenoxy) is 3. The van der Waals surface area contributed by atoms with Gasteiger partial charge in [-0.05, 0) is 42.3 Å². The third kappa shape index (κ3) is 8.04. The van der Waals surface area contributed by atoms with E-state index < -0.39 is 0 Å². The minimum atomic E-state index is 0. The number of halogens is 1. The zero-order chi connectivity index (χ0) is 22.8. The molecule has 0 spiro atoms. The summed E-state index contributed by atoms with van der Waals surface area (Å²) < 4.78 is 16.5. The van der Waals surface area contributed by atoms with Gasteiger partial charge in [0.25, 0.3) is 0 Å². The molecule has 33 heavy (non-hydrogen) atoms. The van der Waals surface area contributed by atoms with Crippen LogP contribution in [0.4, 0.5) is 0 Å². The van der Waals surface area contributed by atoms with Gasteiger partial charge >= 0.3 is 0 Å². The zero-order valence-electron chi connectivity index (χ0n) is 20.1. The summed E-state index contributed by atoms with van der Waals surface area (Å²) in [7, 11) is 5.58. The highest BCUT2D eigenvalue weighted by Crippen LogP contribution is 2.24. The van der Waals surface area contributed by atoms with Crippen LogP contribution in [-0.4, -0.2) is 76.4 Å². The van der Waals surface area contributed by atoms with E-state index in [1.165, 1.54) is 11.1 Å². The molecule has 1 aliphatic heterocycles. The minimum absolute atomic E-state index is 0. The molecule has 2 aromatic rings. The summed E-state index contributed by atoms with van der Waals surface area (Å²) in [5.74, 6) is 2.63. The van der Waals surface area contributed by atoms with E-state index in [9.17, 15) is 0 Å². The summed E-state index contributed by atoms with van der Waals surface area (Å²) in [4.78, 5) is 9.12. The van der Waals surface area contributed by atoms with Gasteiger partial charge in [-0.15, -0.1) is 24.0 Å². The lowest BCUT2D eigenvalue weighted by Crippen LogP contribution is -2.46. The molecule has 7 nitrogen and oxygen atoms in total. The second kappa shape index (κ2) is 14.3. The molecule has 0 aromatic heterocycles. The molecule has 2 aromatic carbocycles. The number of guanidine groups is 1. The Balaban J connectivity index is 0.00000385. The molecule has 1 saturated heterocycles. The summed E-state index contributed by atoms with van der Waals surface area (Å²) in [5, 5.41) is 3.58. The van der Waals surface area contributed by atoms with Crippen LogP contribution in [0.1, 0.15) is 24.1 Å². The van der Waals surface area contributed by atoms with Crippen molar-refractivity contribution < 1.29 is 14.2 Å². The largest absolute Gasteiger partial charge is 0.497 e. The highest BCUT2D eigenvalue weighted by molar-refractivity contribution is 14.0. The topological polar surface area (TPSA) is 58.6 Å². The van der Waals surface area contributed by atoms with Crippen molar-refractivity contribution in [2.45, 2.75) is 19.5 Å². The van der Waals surface area contributed by atoms with Crippen LogP contribution in [0.2, 0.25) is 0 Å². The van der Waals surface area contributed by atoms with Gasteiger partial charge in [0.1, 0.15) is 11.5 Å². The lowest BCUT2D eigenvalue weighted by atomic mass is 10.0. The first-order valence-corrected chi connectivity index (χ1v) is 11.2. The third-order valence-electron chi connectivity index (χ3n) is 5.67. The lowest BCUT2D eigenvalue weighted by Gasteiger charge is -2.35. The van der Waals surface area contributed by atoms with Crippen molar-refractivity contribution in [3.8, 4) is 11.5 Å². The Bertz CT molecular complexity index is 840. The molecule has 1 N–H and O–H groups in total. The van der Waals surface area contributed by atoms with Crippen LogP contribution in [0.3, 0.4) is 0 Å². The fourth-order valence-electron chi connectivity index (χ4n) is 3.95. The van der Waals surface area contributed by atoms with Crippen molar-refractivity contribution in [2.24, 2.45) is 4.99 Å². The van der Waals surface area contributed by atoms with E-state index in [-0.39, 0.29) is 30.0 Å². The van der Waals surface area contributed by atoms with E-state index >= 15 is 0 Å². The molecule has 8 heteroatoms. The first kappa shape index (κ1) is 27.2. The predicted molar refractivity (Wildman–Crippen MR) is 144 cm³/mol. The van der Waals surface area contributed by atoms with Crippen LogP contribution in [0, 0.1) is 0 Å². The molecule has 1 fully saturated rings. The van der Waals surface area contributed by atoms with Crippen molar-refractivity contribution in [1.29, 1.82) is 0 Å². The normalized spacial score (nSPS) is 15.3. The number of methoxy groups -OCH3 is 1. The van der Waals surface area contributed by atoms with Crippen molar-refractivity contribution in [1.82, 2.24) is 15.1 Å². The average Bonchev–Trinajstić information content (AvgIpc) is 2.84. The fourth-order valence-corrected chi connectivity index (χ4v) is 3.95. The Labute approximate surface area is 215 Å². The Kier molecular flexibility index (Phi) is 11.8. The van der Waals surface area contributed by atoms with Gasteiger partial charge in [0.05, 0.1) is 33.0 Å². The molecule has 0 amide bonds. The summed E-state index contributed by atoms with van der Waals surface area (Å²) in [6, 6.07) is 16.8. The van der Waals surface area contributed by atoms with E-state index in [2.05, 4.69) is 51.4 Å². The van der Waals surface area contributed by atoms with E-state index in [0.717, 1.165) is 56.9 Å². The quantitative estimate of drug-likeness (QED) is 0.282. The van der Waals surface area contributed by atoms with Gasteiger partial charge < -0.3 is 24.4 Å². The van der Waals surface area contributed by atoms with Crippen LogP contribution < -0.4 is 14.8 Å². The minimum Gasteiger partial charge on any atom is -0.497 e. The molecule has 0 aliphatic carbocycles. The Morgan fingerprint density at radius 1 is 1.09 bits per heavy atom. The number of hydrogen-bond donors (Lipinski definition) is 1. The molecular weight excluding hydrogens is 531 g/mol. The number of aliphatic imine (C=N–C) groups is 1. The van der Waals surface area contributed by atoms with Crippen LogP contribution >= 0.6 is 24.0 Å². The van der Waals surface area contributed by atoms with Gasteiger partial charge in [-0.2, -0.15) is 0 Å².